The zero-order valence-corrected chi connectivity index (χ0v) is 12.5. The number of amides is 1. The van der Waals surface area contributed by atoms with Crippen LogP contribution in [-0.2, 0) is 11.3 Å². The van der Waals surface area contributed by atoms with E-state index in [2.05, 4.69) is 15.5 Å². The number of benzene rings is 1. The molecule has 2 aromatic rings. The molecule has 1 aromatic heterocycles. The van der Waals surface area contributed by atoms with Gasteiger partial charge in [-0.05, 0) is 39.0 Å². The normalized spacial score (nSPS) is 11.3. The van der Waals surface area contributed by atoms with Gasteiger partial charge in [0.15, 0.2) is 0 Å². The Morgan fingerprint density at radius 2 is 2.18 bits per heavy atom. The van der Waals surface area contributed by atoms with Crippen molar-refractivity contribution >= 4 is 11.8 Å². The zero-order valence-electron chi connectivity index (χ0n) is 12.5. The summed E-state index contributed by atoms with van der Waals surface area (Å²) in [5, 5.41) is 6.08. The highest BCUT2D eigenvalue weighted by molar-refractivity contribution is 5.86. The van der Waals surface area contributed by atoms with E-state index in [1.165, 1.54) is 18.2 Å². The molecule has 1 heterocycles. The Labute approximate surface area is 126 Å². The highest BCUT2D eigenvalue weighted by Crippen LogP contribution is 2.23. The lowest BCUT2D eigenvalue weighted by atomic mass is 10.2. The predicted molar refractivity (Wildman–Crippen MR) is 77.4 cm³/mol. The first-order valence-electron chi connectivity index (χ1n) is 6.61. The van der Waals surface area contributed by atoms with E-state index >= 15 is 0 Å². The Balaban J connectivity index is 2.21. The first-order chi connectivity index (χ1) is 10.3. The summed E-state index contributed by atoms with van der Waals surface area (Å²) in [6.07, 6.45) is -0.751. The van der Waals surface area contributed by atoms with Crippen molar-refractivity contribution < 1.29 is 18.4 Å². The molecule has 0 fully saturated rings. The van der Waals surface area contributed by atoms with Crippen LogP contribution in [0.4, 0.5) is 14.9 Å². The molecule has 0 spiro atoms. The van der Waals surface area contributed by atoms with Crippen LogP contribution in [-0.4, -0.2) is 21.8 Å². The summed E-state index contributed by atoms with van der Waals surface area (Å²) in [7, 11) is 0. The van der Waals surface area contributed by atoms with Gasteiger partial charge in [0.1, 0.15) is 11.4 Å². The molecular formula is C14H17FN4O3. The standard InChI is InChI=1S/C14H17FN4O3/c1-14(2,3)21-13(20)17-10-6-8(4-5-9(10)15)12-18-11(7-16)22-19-12/h4-6H,7,16H2,1-3H3,(H,17,20). The first-order valence-corrected chi connectivity index (χ1v) is 6.61. The minimum Gasteiger partial charge on any atom is -0.444 e. The van der Waals surface area contributed by atoms with Crippen molar-refractivity contribution in [1.29, 1.82) is 0 Å². The molecule has 0 aliphatic rings. The van der Waals surface area contributed by atoms with Gasteiger partial charge in [0.05, 0.1) is 12.2 Å². The van der Waals surface area contributed by atoms with Crippen molar-refractivity contribution in [1.82, 2.24) is 10.1 Å². The van der Waals surface area contributed by atoms with Crippen LogP contribution in [0, 0.1) is 5.82 Å². The molecule has 0 aliphatic carbocycles. The molecule has 1 aromatic carbocycles. The maximum Gasteiger partial charge on any atom is 0.412 e. The van der Waals surface area contributed by atoms with E-state index in [-0.39, 0.29) is 23.9 Å². The summed E-state index contributed by atoms with van der Waals surface area (Å²) in [6, 6.07) is 4.06. The highest BCUT2D eigenvalue weighted by atomic mass is 19.1. The van der Waals surface area contributed by atoms with Gasteiger partial charge in [0.2, 0.25) is 11.7 Å². The number of halogens is 1. The van der Waals surface area contributed by atoms with Gasteiger partial charge in [-0.3, -0.25) is 5.32 Å². The summed E-state index contributed by atoms with van der Waals surface area (Å²) in [5.74, 6) is -0.0779. The number of ether oxygens (including phenoxy) is 1. The number of aromatic nitrogens is 2. The summed E-state index contributed by atoms with van der Waals surface area (Å²) in [6.45, 7) is 5.25. The smallest absolute Gasteiger partial charge is 0.412 e. The van der Waals surface area contributed by atoms with E-state index in [4.69, 9.17) is 15.0 Å². The number of carbonyl (C=O) groups excluding carboxylic acids is 1. The van der Waals surface area contributed by atoms with Gasteiger partial charge in [-0.1, -0.05) is 5.16 Å². The van der Waals surface area contributed by atoms with E-state index in [1.807, 2.05) is 0 Å². The molecule has 8 heteroatoms. The number of carbonyl (C=O) groups is 1. The summed E-state index contributed by atoms with van der Waals surface area (Å²) < 4.78 is 23.8. The van der Waals surface area contributed by atoms with E-state index in [0.29, 0.717) is 5.56 Å². The van der Waals surface area contributed by atoms with Gasteiger partial charge in [0.25, 0.3) is 0 Å². The zero-order chi connectivity index (χ0) is 16.3. The fourth-order valence-corrected chi connectivity index (χ4v) is 1.63. The molecule has 0 atom stereocenters. The van der Waals surface area contributed by atoms with Crippen LogP contribution in [0.3, 0.4) is 0 Å². The minimum atomic E-state index is -0.751. The molecule has 0 saturated carbocycles. The lowest BCUT2D eigenvalue weighted by molar-refractivity contribution is 0.0635. The Kier molecular flexibility index (Phi) is 4.41. The van der Waals surface area contributed by atoms with Crippen molar-refractivity contribution in [2.24, 2.45) is 5.73 Å². The highest BCUT2D eigenvalue weighted by Gasteiger charge is 2.18. The third-order valence-electron chi connectivity index (χ3n) is 2.50. The molecule has 2 rings (SSSR count). The van der Waals surface area contributed by atoms with Gasteiger partial charge in [-0.15, -0.1) is 0 Å². The van der Waals surface area contributed by atoms with E-state index < -0.39 is 17.5 Å². The van der Waals surface area contributed by atoms with E-state index in [9.17, 15) is 9.18 Å². The average Bonchev–Trinajstić information content (AvgIpc) is 2.88. The predicted octanol–water partition coefficient (Wildman–Crippen LogP) is 2.68. The second-order valence-corrected chi connectivity index (χ2v) is 5.54. The Morgan fingerprint density at radius 3 is 2.77 bits per heavy atom. The maximum absolute atomic E-state index is 13.8. The number of nitrogens with one attached hydrogen (secondary N) is 1. The SMILES string of the molecule is CC(C)(C)OC(=O)Nc1cc(-c2noc(CN)n2)ccc1F. The molecule has 7 nitrogen and oxygen atoms in total. The fourth-order valence-electron chi connectivity index (χ4n) is 1.63. The lowest BCUT2D eigenvalue weighted by Crippen LogP contribution is -2.27. The molecule has 0 saturated heterocycles. The summed E-state index contributed by atoms with van der Waals surface area (Å²) >= 11 is 0. The van der Waals surface area contributed by atoms with Crippen molar-refractivity contribution in [2.45, 2.75) is 32.9 Å². The maximum atomic E-state index is 13.8. The second kappa shape index (κ2) is 6.10. The van der Waals surface area contributed by atoms with Gasteiger partial charge in [0, 0.05) is 5.56 Å². The second-order valence-electron chi connectivity index (χ2n) is 5.54. The molecule has 3 N–H and O–H groups in total. The number of hydrogen-bond donors (Lipinski definition) is 2. The number of hydrogen-bond acceptors (Lipinski definition) is 6. The third kappa shape index (κ3) is 4.01. The van der Waals surface area contributed by atoms with Crippen molar-refractivity contribution in [3.63, 3.8) is 0 Å². The fraction of sp³-hybridized carbons (Fsp3) is 0.357. The van der Waals surface area contributed by atoms with Gasteiger partial charge in [-0.25, -0.2) is 9.18 Å². The molecule has 0 bridgehead atoms. The molecule has 0 unspecified atom stereocenters. The van der Waals surface area contributed by atoms with Crippen LogP contribution >= 0.6 is 0 Å². The average molecular weight is 308 g/mol. The van der Waals surface area contributed by atoms with Gasteiger partial charge < -0.3 is 15.0 Å². The topological polar surface area (TPSA) is 103 Å². The summed E-state index contributed by atoms with van der Waals surface area (Å²) in [4.78, 5) is 15.8. The molecule has 0 aliphatic heterocycles. The Morgan fingerprint density at radius 1 is 1.45 bits per heavy atom. The van der Waals surface area contributed by atoms with Crippen molar-refractivity contribution in [3.8, 4) is 11.4 Å². The third-order valence-corrected chi connectivity index (χ3v) is 2.50. The number of rotatable bonds is 3. The first kappa shape index (κ1) is 15.9. The quantitative estimate of drug-likeness (QED) is 0.903. The van der Waals surface area contributed by atoms with E-state index in [0.717, 1.165) is 0 Å². The van der Waals surface area contributed by atoms with Gasteiger partial charge in [-0.2, -0.15) is 4.98 Å². The number of nitrogens with zero attached hydrogens (tertiary/aromatic N) is 2. The molecule has 118 valence electrons. The number of anilines is 1. The van der Waals surface area contributed by atoms with Crippen LogP contribution in [0.2, 0.25) is 0 Å². The largest absolute Gasteiger partial charge is 0.444 e. The molecule has 0 radical (unpaired) electrons. The Bertz CT molecular complexity index is 679. The van der Waals surface area contributed by atoms with Crippen LogP contribution in [0.15, 0.2) is 22.7 Å². The molecule has 22 heavy (non-hydrogen) atoms. The van der Waals surface area contributed by atoms with E-state index in [1.54, 1.807) is 20.8 Å². The van der Waals surface area contributed by atoms with Crippen LogP contribution in [0.25, 0.3) is 11.4 Å². The molecule has 1 amide bonds. The van der Waals surface area contributed by atoms with Crippen LogP contribution in [0.5, 0.6) is 0 Å². The minimum absolute atomic E-state index is 0.0363. The van der Waals surface area contributed by atoms with Crippen LogP contribution in [0.1, 0.15) is 26.7 Å². The molecular weight excluding hydrogens is 291 g/mol. The van der Waals surface area contributed by atoms with Crippen molar-refractivity contribution in [2.75, 3.05) is 5.32 Å². The monoisotopic (exact) mass is 308 g/mol. The van der Waals surface area contributed by atoms with Gasteiger partial charge >= 0.3 is 6.09 Å². The number of nitrogens with two attached hydrogens (primary N) is 1. The summed E-state index contributed by atoms with van der Waals surface area (Å²) in [5.41, 5.74) is 5.16. The van der Waals surface area contributed by atoms with Crippen molar-refractivity contribution in [3.05, 3.63) is 29.9 Å². The van der Waals surface area contributed by atoms with Crippen LogP contribution < -0.4 is 11.1 Å². The Hall–Kier alpha value is -2.48. The lowest BCUT2D eigenvalue weighted by Gasteiger charge is -2.19.